The highest BCUT2D eigenvalue weighted by molar-refractivity contribution is 6.61. The number of rotatable bonds is 5. The van der Waals surface area contributed by atoms with Gasteiger partial charge >= 0.3 is 7.12 Å². The Morgan fingerprint density at radius 2 is 1.65 bits per heavy atom. The van der Waals surface area contributed by atoms with E-state index >= 15 is 0 Å². The van der Waals surface area contributed by atoms with Gasteiger partial charge in [-0.3, -0.25) is 4.79 Å². The number of benzene rings is 2. The van der Waals surface area contributed by atoms with Gasteiger partial charge in [-0.1, -0.05) is 36.4 Å². The molecule has 37 heavy (non-hydrogen) atoms. The highest BCUT2D eigenvalue weighted by Gasteiger charge is 2.51. The Bertz CT molecular complexity index is 1540. The summed E-state index contributed by atoms with van der Waals surface area (Å²) in [5, 5.41) is 14.0. The quantitative estimate of drug-likeness (QED) is 0.393. The summed E-state index contributed by atoms with van der Waals surface area (Å²) in [6, 6.07) is 20.2. The predicted molar refractivity (Wildman–Crippen MR) is 141 cm³/mol. The van der Waals surface area contributed by atoms with E-state index in [0.717, 1.165) is 16.6 Å². The van der Waals surface area contributed by atoms with E-state index in [1.165, 1.54) is 10.7 Å². The molecular weight excluding hydrogens is 465 g/mol. The number of aromatic nitrogens is 4. The van der Waals surface area contributed by atoms with Gasteiger partial charge in [0.05, 0.1) is 35.1 Å². The van der Waals surface area contributed by atoms with Gasteiger partial charge in [0, 0.05) is 35.0 Å². The fourth-order valence-corrected chi connectivity index (χ4v) is 4.08. The zero-order valence-corrected chi connectivity index (χ0v) is 21.2. The van der Waals surface area contributed by atoms with Crippen LogP contribution in [0.2, 0.25) is 0 Å². The summed E-state index contributed by atoms with van der Waals surface area (Å²) < 4.78 is 13.6. The molecule has 8 nitrogen and oxygen atoms in total. The molecule has 1 fully saturated rings. The Morgan fingerprint density at radius 1 is 0.946 bits per heavy atom. The summed E-state index contributed by atoms with van der Waals surface area (Å²) >= 11 is 0. The Balaban J connectivity index is 1.38. The van der Waals surface area contributed by atoms with E-state index in [1.54, 1.807) is 30.6 Å². The van der Waals surface area contributed by atoms with Gasteiger partial charge in [-0.15, -0.1) is 0 Å². The van der Waals surface area contributed by atoms with Gasteiger partial charge in [0.15, 0.2) is 5.82 Å². The third-order valence-corrected chi connectivity index (χ3v) is 6.90. The maximum Gasteiger partial charge on any atom is 0.498 e. The highest BCUT2D eigenvalue weighted by Crippen LogP contribution is 2.36. The van der Waals surface area contributed by atoms with E-state index < -0.39 is 18.3 Å². The van der Waals surface area contributed by atoms with Crippen molar-refractivity contribution in [3.05, 3.63) is 94.5 Å². The number of hydrogen-bond acceptors (Lipinski definition) is 7. The Hall–Kier alpha value is -4.13. The molecule has 3 heterocycles. The standard InChI is InChI=1S/C28H26BN5O3/c1-27(2)28(3,4)37-29(36-27)22-16-31-26(32-17-22)20-10-7-8-19(14-20)18-34-25(35)13-12-24(33-34)23-11-6-5-9-21(23)15-30/h5-14,16-17H,18H2,1-4H3. The molecule has 2 aromatic carbocycles. The van der Waals surface area contributed by atoms with Crippen molar-refractivity contribution >= 4 is 12.6 Å². The topological polar surface area (TPSA) is 103 Å². The summed E-state index contributed by atoms with van der Waals surface area (Å²) in [5.41, 5.74) is 3.08. The van der Waals surface area contributed by atoms with Crippen LogP contribution in [-0.4, -0.2) is 38.1 Å². The fourth-order valence-electron chi connectivity index (χ4n) is 4.08. The molecular formula is C28H26BN5O3. The minimum absolute atomic E-state index is 0.230. The Morgan fingerprint density at radius 3 is 2.35 bits per heavy atom. The van der Waals surface area contributed by atoms with E-state index in [1.807, 2.05) is 64.1 Å². The molecule has 2 aromatic heterocycles. The van der Waals surface area contributed by atoms with Crippen LogP contribution in [0.1, 0.15) is 38.8 Å². The zero-order valence-electron chi connectivity index (χ0n) is 21.2. The number of nitriles is 1. The van der Waals surface area contributed by atoms with E-state index in [-0.39, 0.29) is 12.1 Å². The second kappa shape index (κ2) is 9.39. The minimum Gasteiger partial charge on any atom is -0.399 e. The van der Waals surface area contributed by atoms with Crippen molar-refractivity contribution < 1.29 is 9.31 Å². The molecule has 0 unspecified atom stereocenters. The largest absolute Gasteiger partial charge is 0.498 e. The monoisotopic (exact) mass is 491 g/mol. The highest BCUT2D eigenvalue weighted by atomic mass is 16.7. The average molecular weight is 491 g/mol. The van der Waals surface area contributed by atoms with Crippen molar-refractivity contribution in [2.75, 3.05) is 0 Å². The molecule has 1 saturated heterocycles. The Labute approximate surface area is 215 Å². The summed E-state index contributed by atoms with van der Waals surface area (Å²) in [6.07, 6.45) is 3.44. The summed E-state index contributed by atoms with van der Waals surface area (Å²) in [5.74, 6) is 0.555. The Kier molecular flexibility index (Phi) is 6.24. The zero-order chi connectivity index (χ0) is 26.2. The SMILES string of the molecule is CC1(C)OB(c2cnc(-c3cccc(Cn4nc(-c5ccccc5C#N)ccc4=O)c3)nc2)OC1(C)C. The molecule has 9 heteroatoms. The predicted octanol–water partition coefficient (Wildman–Crippen LogP) is 3.59. The van der Waals surface area contributed by atoms with Crippen LogP contribution >= 0.6 is 0 Å². The number of nitrogens with zero attached hydrogens (tertiary/aromatic N) is 5. The molecule has 0 aliphatic carbocycles. The van der Waals surface area contributed by atoms with Crippen LogP contribution in [-0.2, 0) is 15.9 Å². The smallest absolute Gasteiger partial charge is 0.399 e. The van der Waals surface area contributed by atoms with Crippen molar-refractivity contribution in [2.24, 2.45) is 0 Å². The first-order valence-corrected chi connectivity index (χ1v) is 12.0. The second-order valence-corrected chi connectivity index (χ2v) is 10.0. The molecule has 0 spiro atoms. The van der Waals surface area contributed by atoms with Gasteiger partial charge in [-0.2, -0.15) is 10.4 Å². The van der Waals surface area contributed by atoms with Crippen LogP contribution in [0.15, 0.2) is 77.9 Å². The van der Waals surface area contributed by atoms with E-state index in [2.05, 4.69) is 21.1 Å². The van der Waals surface area contributed by atoms with Gasteiger partial charge in [0.25, 0.3) is 5.56 Å². The average Bonchev–Trinajstić information content (AvgIpc) is 3.12. The van der Waals surface area contributed by atoms with Gasteiger partial charge in [0.2, 0.25) is 0 Å². The summed E-state index contributed by atoms with van der Waals surface area (Å²) in [7, 11) is -0.526. The van der Waals surface area contributed by atoms with E-state index in [0.29, 0.717) is 22.6 Å². The van der Waals surface area contributed by atoms with Gasteiger partial charge in [-0.05, 0) is 51.5 Å². The van der Waals surface area contributed by atoms with Crippen molar-refractivity contribution in [3.8, 4) is 28.7 Å². The molecule has 0 amide bonds. The van der Waals surface area contributed by atoms with Crippen molar-refractivity contribution in [2.45, 2.75) is 45.4 Å². The fraction of sp³-hybridized carbons (Fsp3) is 0.250. The minimum atomic E-state index is -0.526. The summed E-state index contributed by atoms with van der Waals surface area (Å²) in [4.78, 5) is 21.6. The summed E-state index contributed by atoms with van der Waals surface area (Å²) in [6.45, 7) is 8.29. The van der Waals surface area contributed by atoms with Crippen LogP contribution in [0.3, 0.4) is 0 Å². The van der Waals surface area contributed by atoms with Crippen LogP contribution in [0, 0.1) is 11.3 Å². The molecule has 0 atom stereocenters. The van der Waals surface area contributed by atoms with Gasteiger partial charge in [-0.25, -0.2) is 14.6 Å². The van der Waals surface area contributed by atoms with Gasteiger partial charge in [0.1, 0.15) is 0 Å². The molecule has 4 aromatic rings. The third kappa shape index (κ3) is 4.81. The van der Waals surface area contributed by atoms with Crippen LogP contribution in [0.5, 0.6) is 0 Å². The molecule has 5 rings (SSSR count). The van der Waals surface area contributed by atoms with Crippen LogP contribution in [0.25, 0.3) is 22.6 Å². The second-order valence-electron chi connectivity index (χ2n) is 10.0. The van der Waals surface area contributed by atoms with Gasteiger partial charge < -0.3 is 9.31 Å². The van der Waals surface area contributed by atoms with Crippen LogP contribution in [0.4, 0.5) is 0 Å². The third-order valence-electron chi connectivity index (χ3n) is 6.90. The lowest BCUT2D eigenvalue weighted by atomic mass is 9.81. The molecule has 184 valence electrons. The first-order valence-electron chi connectivity index (χ1n) is 12.0. The lowest BCUT2D eigenvalue weighted by Gasteiger charge is -2.32. The molecule has 1 aliphatic heterocycles. The van der Waals surface area contributed by atoms with Crippen molar-refractivity contribution in [1.29, 1.82) is 5.26 Å². The van der Waals surface area contributed by atoms with E-state index in [4.69, 9.17) is 9.31 Å². The van der Waals surface area contributed by atoms with Crippen molar-refractivity contribution in [3.63, 3.8) is 0 Å². The molecule has 0 saturated carbocycles. The maximum absolute atomic E-state index is 12.6. The first kappa shape index (κ1) is 24.6. The normalized spacial score (nSPS) is 15.9. The lowest BCUT2D eigenvalue weighted by molar-refractivity contribution is 0.00578. The van der Waals surface area contributed by atoms with E-state index in [9.17, 15) is 10.1 Å². The van der Waals surface area contributed by atoms with Crippen LogP contribution < -0.4 is 11.0 Å². The van der Waals surface area contributed by atoms with Crippen molar-refractivity contribution in [1.82, 2.24) is 19.7 Å². The maximum atomic E-state index is 12.6. The molecule has 0 N–H and O–H groups in total. The first-order chi connectivity index (χ1) is 17.7. The lowest BCUT2D eigenvalue weighted by Crippen LogP contribution is -2.41. The molecule has 0 bridgehead atoms. The number of hydrogen-bond donors (Lipinski definition) is 0. The molecule has 1 aliphatic rings. The molecule has 0 radical (unpaired) electrons.